The number of amides is 1. The van der Waals surface area contributed by atoms with E-state index in [1.54, 1.807) is 18.2 Å². The number of methoxy groups -OCH3 is 2. The molecule has 0 heterocycles. The van der Waals surface area contributed by atoms with Gasteiger partial charge in [0, 0.05) is 16.6 Å². The first kappa shape index (κ1) is 20.3. The van der Waals surface area contributed by atoms with Gasteiger partial charge >= 0.3 is 0 Å². The lowest BCUT2D eigenvalue weighted by molar-refractivity contribution is -0.112. The highest BCUT2D eigenvalue weighted by atomic mass is 32.2. The van der Waals surface area contributed by atoms with E-state index in [1.165, 1.54) is 44.6 Å². The predicted octanol–water partition coefficient (Wildman–Crippen LogP) is 4.56. The number of alkyl halides is 2. The van der Waals surface area contributed by atoms with E-state index < -0.39 is 11.7 Å². The third-order valence-electron chi connectivity index (χ3n) is 3.39. The van der Waals surface area contributed by atoms with E-state index in [0.29, 0.717) is 39.4 Å². The molecule has 8 heteroatoms. The molecule has 140 valence electrons. The molecule has 2 rings (SSSR count). The fourth-order valence-corrected chi connectivity index (χ4v) is 2.65. The highest BCUT2D eigenvalue weighted by molar-refractivity contribution is 7.99. The number of ether oxygens (including phenoxy) is 2. The topological polar surface area (TPSA) is 71.3 Å². The van der Waals surface area contributed by atoms with Crippen molar-refractivity contribution in [3.05, 3.63) is 53.6 Å². The summed E-state index contributed by atoms with van der Waals surface area (Å²) in [6, 6.07) is 12.7. The lowest BCUT2D eigenvalue weighted by Crippen LogP contribution is -2.13. The molecule has 0 saturated heterocycles. The average Bonchev–Trinajstić information content (AvgIpc) is 2.66. The third kappa shape index (κ3) is 6.01. The van der Waals surface area contributed by atoms with E-state index in [1.807, 2.05) is 6.07 Å². The molecule has 27 heavy (non-hydrogen) atoms. The second-order valence-electron chi connectivity index (χ2n) is 5.17. The highest BCUT2D eigenvalue weighted by Crippen LogP contribution is 2.27. The van der Waals surface area contributed by atoms with Crippen LogP contribution in [0.4, 0.5) is 14.5 Å². The molecule has 1 N–H and O–H groups in total. The Hall–Kier alpha value is -3.05. The number of benzene rings is 2. The Kier molecular flexibility index (Phi) is 7.20. The van der Waals surface area contributed by atoms with Gasteiger partial charge in [-0.3, -0.25) is 4.79 Å². The molecule has 5 nitrogen and oxygen atoms in total. The van der Waals surface area contributed by atoms with Gasteiger partial charge in [-0.2, -0.15) is 14.0 Å². The van der Waals surface area contributed by atoms with Gasteiger partial charge in [0.25, 0.3) is 11.7 Å². The molecule has 2 aromatic carbocycles. The summed E-state index contributed by atoms with van der Waals surface area (Å²) in [6.45, 7) is 0. The standard InChI is InChI=1S/C19H16F2N2O3S/c1-25-15-8-12(9-16(10-15)26-2)7-13(11-22)18(24)23-14-3-5-17(6-4-14)27-19(20)21/h3-10,19H,1-2H3,(H,23,24)/b13-7+. The molecule has 0 aliphatic rings. The maximum Gasteiger partial charge on any atom is 0.288 e. The summed E-state index contributed by atoms with van der Waals surface area (Å²) in [5, 5.41) is 11.9. The van der Waals surface area contributed by atoms with Crippen LogP contribution in [0.1, 0.15) is 5.56 Å². The second-order valence-corrected chi connectivity index (χ2v) is 6.24. The fraction of sp³-hybridized carbons (Fsp3) is 0.158. The Morgan fingerprint density at radius 1 is 1.15 bits per heavy atom. The summed E-state index contributed by atoms with van der Waals surface area (Å²) >= 11 is 0.412. The molecular formula is C19H16F2N2O3S. The molecule has 0 atom stereocenters. The maximum atomic E-state index is 12.3. The van der Waals surface area contributed by atoms with Gasteiger partial charge < -0.3 is 14.8 Å². The minimum Gasteiger partial charge on any atom is -0.497 e. The number of carbonyl (C=O) groups excluding carboxylic acids is 1. The van der Waals surface area contributed by atoms with Crippen molar-refractivity contribution in [2.24, 2.45) is 0 Å². The summed E-state index contributed by atoms with van der Waals surface area (Å²) in [4.78, 5) is 12.7. The highest BCUT2D eigenvalue weighted by Gasteiger charge is 2.11. The smallest absolute Gasteiger partial charge is 0.288 e. The number of hydrogen-bond donors (Lipinski definition) is 1. The number of hydrogen-bond acceptors (Lipinski definition) is 5. The monoisotopic (exact) mass is 390 g/mol. The van der Waals surface area contributed by atoms with Gasteiger partial charge in [-0.1, -0.05) is 11.8 Å². The van der Waals surface area contributed by atoms with Crippen LogP contribution in [0.15, 0.2) is 52.9 Å². The van der Waals surface area contributed by atoms with Gasteiger partial charge in [0.1, 0.15) is 23.1 Å². The number of anilines is 1. The molecule has 0 fully saturated rings. The molecule has 2 aromatic rings. The van der Waals surface area contributed by atoms with E-state index in [4.69, 9.17) is 9.47 Å². The van der Waals surface area contributed by atoms with Crippen LogP contribution >= 0.6 is 11.8 Å². The minimum absolute atomic E-state index is 0.128. The first-order valence-corrected chi connectivity index (χ1v) is 8.54. The van der Waals surface area contributed by atoms with Crippen molar-refractivity contribution < 1.29 is 23.0 Å². The van der Waals surface area contributed by atoms with Crippen LogP contribution in [0.25, 0.3) is 6.08 Å². The van der Waals surface area contributed by atoms with Crippen LogP contribution in [-0.4, -0.2) is 25.9 Å². The van der Waals surface area contributed by atoms with Crippen LogP contribution in [0, 0.1) is 11.3 Å². The summed E-state index contributed by atoms with van der Waals surface area (Å²) in [7, 11) is 2.99. The zero-order valence-corrected chi connectivity index (χ0v) is 15.3. The zero-order valence-electron chi connectivity index (χ0n) is 14.5. The van der Waals surface area contributed by atoms with Crippen LogP contribution in [0.5, 0.6) is 11.5 Å². The van der Waals surface area contributed by atoms with E-state index in [-0.39, 0.29) is 5.57 Å². The Morgan fingerprint density at radius 3 is 2.22 bits per heavy atom. The predicted molar refractivity (Wildman–Crippen MR) is 100 cm³/mol. The van der Waals surface area contributed by atoms with Gasteiger partial charge in [0.15, 0.2) is 0 Å². The van der Waals surface area contributed by atoms with E-state index >= 15 is 0 Å². The molecule has 0 radical (unpaired) electrons. The van der Waals surface area contributed by atoms with Crippen molar-refractivity contribution in [1.29, 1.82) is 5.26 Å². The summed E-state index contributed by atoms with van der Waals surface area (Å²) in [5.74, 6) is -2.09. The molecule has 0 aromatic heterocycles. The first-order chi connectivity index (χ1) is 12.9. The molecule has 1 amide bonds. The summed E-state index contributed by atoms with van der Waals surface area (Å²) in [6.07, 6.45) is 1.40. The number of nitrogens with zero attached hydrogens (tertiary/aromatic N) is 1. The van der Waals surface area contributed by atoms with Crippen molar-refractivity contribution in [2.45, 2.75) is 10.7 Å². The van der Waals surface area contributed by atoms with Crippen molar-refractivity contribution in [3.8, 4) is 17.6 Å². The number of carbonyl (C=O) groups is 1. The van der Waals surface area contributed by atoms with Crippen LogP contribution in [0.3, 0.4) is 0 Å². The molecule has 0 unspecified atom stereocenters. The fourth-order valence-electron chi connectivity index (χ4n) is 2.15. The van der Waals surface area contributed by atoms with Crippen LogP contribution < -0.4 is 14.8 Å². The molecule has 0 aliphatic carbocycles. The average molecular weight is 390 g/mol. The Balaban J connectivity index is 2.18. The van der Waals surface area contributed by atoms with Crippen LogP contribution in [-0.2, 0) is 4.79 Å². The summed E-state index contributed by atoms with van der Waals surface area (Å²) < 4.78 is 35.0. The van der Waals surface area contributed by atoms with Crippen molar-refractivity contribution in [1.82, 2.24) is 0 Å². The van der Waals surface area contributed by atoms with Gasteiger partial charge in [-0.15, -0.1) is 0 Å². The number of rotatable bonds is 7. The Bertz CT molecular complexity index is 855. The van der Waals surface area contributed by atoms with Gasteiger partial charge in [0.2, 0.25) is 0 Å². The largest absolute Gasteiger partial charge is 0.497 e. The van der Waals surface area contributed by atoms with Gasteiger partial charge in [-0.25, -0.2) is 0 Å². The van der Waals surface area contributed by atoms with Crippen molar-refractivity contribution in [3.63, 3.8) is 0 Å². The van der Waals surface area contributed by atoms with E-state index in [2.05, 4.69) is 5.32 Å². The van der Waals surface area contributed by atoms with Crippen molar-refractivity contribution in [2.75, 3.05) is 19.5 Å². The van der Waals surface area contributed by atoms with Gasteiger partial charge in [0.05, 0.1) is 14.2 Å². The zero-order chi connectivity index (χ0) is 19.8. The molecule has 0 bridgehead atoms. The van der Waals surface area contributed by atoms with Gasteiger partial charge in [-0.05, 0) is 48.0 Å². The second kappa shape index (κ2) is 9.59. The van der Waals surface area contributed by atoms with Crippen molar-refractivity contribution >= 4 is 29.4 Å². The van der Waals surface area contributed by atoms with E-state index in [0.717, 1.165) is 0 Å². The molecule has 0 saturated carbocycles. The maximum absolute atomic E-state index is 12.3. The lowest BCUT2D eigenvalue weighted by Gasteiger charge is -2.08. The lowest BCUT2D eigenvalue weighted by atomic mass is 10.1. The summed E-state index contributed by atoms with van der Waals surface area (Å²) in [5.41, 5.74) is 0.820. The van der Waals surface area contributed by atoms with E-state index in [9.17, 15) is 18.8 Å². The quantitative estimate of drug-likeness (QED) is 0.426. The third-order valence-corrected chi connectivity index (χ3v) is 4.11. The molecular weight excluding hydrogens is 374 g/mol. The molecule has 0 aliphatic heterocycles. The molecule has 0 spiro atoms. The van der Waals surface area contributed by atoms with Crippen LogP contribution in [0.2, 0.25) is 0 Å². The number of thioether (sulfide) groups is 1. The Labute approximate surface area is 159 Å². The Morgan fingerprint density at radius 2 is 1.74 bits per heavy atom. The number of halogens is 2. The number of nitrogens with one attached hydrogen (secondary N) is 1. The first-order valence-electron chi connectivity index (χ1n) is 7.66. The minimum atomic E-state index is -2.52. The SMILES string of the molecule is COc1cc(/C=C(\C#N)C(=O)Nc2ccc(SC(F)F)cc2)cc(OC)c1. The normalized spacial score (nSPS) is 11.0. The number of nitriles is 1.